The lowest BCUT2D eigenvalue weighted by atomic mass is 10.2. The van der Waals surface area contributed by atoms with Gasteiger partial charge in [0.25, 0.3) is 0 Å². The van der Waals surface area contributed by atoms with Crippen LogP contribution in [0.2, 0.25) is 5.02 Å². The van der Waals surface area contributed by atoms with E-state index in [1.165, 1.54) is 0 Å². The highest BCUT2D eigenvalue weighted by atomic mass is 35.5. The molecule has 0 aliphatic heterocycles. The molecule has 0 radical (unpaired) electrons. The summed E-state index contributed by atoms with van der Waals surface area (Å²) in [7, 11) is 0. The van der Waals surface area contributed by atoms with Crippen molar-refractivity contribution in [3.63, 3.8) is 0 Å². The first kappa shape index (κ1) is 16.8. The van der Waals surface area contributed by atoms with E-state index in [0.29, 0.717) is 36.0 Å². The van der Waals surface area contributed by atoms with Crippen LogP contribution in [0.15, 0.2) is 18.2 Å². The zero-order valence-electron chi connectivity index (χ0n) is 11.7. The lowest BCUT2D eigenvalue weighted by molar-refractivity contribution is -0.143. The van der Waals surface area contributed by atoms with Crippen molar-refractivity contribution in [3.05, 3.63) is 28.8 Å². The first-order chi connectivity index (χ1) is 9.69. The number of halogens is 1. The molecule has 1 rings (SSSR count). The van der Waals surface area contributed by atoms with Crippen LogP contribution >= 0.6 is 11.6 Å². The fourth-order valence-electron chi connectivity index (χ4n) is 1.79. The largest absolute Gasteiger partial charge is 0.493 e. The summed E-state index contributed by atoms with van der Waals surface area (Å²) >= 11 is 5.97. The van der Waals surface area contributed by atoms with E-state index >= 15 is 0 Å². The third kappa shape index (κ3) is 5.80. The van der Waals surface area contributed by atoms with Gasteiger partial charge in [-0.1, -0.05) is 17.7 Å². The van der Waals surface area contributed by atoms with Gasteiger partial charge in [-0.3, -0.25) is 4.79 Å². The van der Waals surface area contributed by atoms with E-state index in [2.05, 4.69) is 0 Å². The third-order valence-corrected chi connectivity index (χ3v) is 3.18. The van der Waals surface area contributed by atoms with Gasteiger partial charge in [-0.2, -0.15) is 0 Å². The zero-order valence-corrected chi connectivity index (χ0v) is 12.5. The van der Waals surface area contributed by atoms with Crippen LogP contribution in [-0.2, 0) is 16.1 Å². The number of aliphatic hydroxyl groups excluding tert-OH is 1. The molecule has 1 aromatic rings. The monoisotopic (exact) mass is 300 g/mol. The molecule has 0 amide bonds. The normalized spacial score (nSPS) is 10.3. The summed E-state index contributed by atoms with van der Waals surface area (Å²) < 4.78 is 10.5. The highest BCUT2D eigenvalue weighted by Crippen LogP contribution is 2.26. The third-order valence-electron chi connectivity index (χ3n) is 2.82. The molecule has 4 nitrogen and oxygen atoms in total. The average molecular weight is 301 g/mol. The molecule has 0 aliphatic carbocycles. The number of carbonyl (C=O) groups excluding carboxylic acids is 1. The van der Waals surface area contributed by atoms with E-state index < -0.39 is 0 Å². The van der Waals surface area contributed by atoms with Crippen molar-refractivity contribution in [2.24, 2.45) is 0 Å². The average Bonchev–Trinajstić information content (AvgIpc) is 2.43. The standard InChI is InChI=1S/C15H21ClO4/c1-2-19-15(18)9-4-3-5-10-20-14-8-6-7-13(16)12(14)11-17/h6-8,17H,2-5,9-11H2,1H3. The number of hydrogen-bond donors (Lipinski definition) is 1. The van der Waals surface area contributed by atoms with Crippen molar-refractivity contribution in [1.82, 2.24) is 0 Å². The predicted octanol–water partition coefficient (Wildman–Crippen LogP) is 3.33. The molecule has 0 saturated heterocycles. The molecule has 0 bridgehead atoms. The number of aliphatic hydroxyl groups is 1. The molecule has 0 heterocycles. The predicted molar refractivity (Wildman–Crippen MR) is 78.0 cm³/mol. The molecule has 0 aromatic heterocycles. The summed E-state index contributed by atoms with van der Waals surface area (Å²) in [5.74, 6) is 0.469. The van der Waals surface area contributed by atoms with Crippen molar-refractivity contribution in [1.29, 1.82) is 0 Å². The van der Waals surface area contributed by atoms with Crippen molar-refractivity contribution in [2.75, 3.05) is 13.2 Å². The minimum Gasteiger partial charge on any atom is -0.493 e. The molecule has 0 atom stereocenters. The number of rotatable bonds is 9. The molecule has 112 valence electrons. The highest BCUT2D eigenvalue weighted by molar-refractivity contribution is 6.31. The van der Waals surface area contributed by atoms with Gasteiger partial charge < -0.3 is 14.6 Å². The Kier molecular flexibility index (Phi) is 8.07. The van der Waals surface area contributed by atoms with Crippen molar-refractivity contribution >= 4 is 17.6 Å². The van der Waals surface area contributed by atoms with Crippen LogP contribution in [0.25, 0.3) is 0 Å². The number of esters is 1. The zero-order chi connectivity index (χ0) is 14.8. The van der Waals surface area contributed by atoms with E-state index in [1.54, 1.807) is 25.1 Å². The summed E-state index contributed by atoms with van der Waals surface area (Å²) in [4.78, 5) is 11.1. The molecular formula is C15H21ClO4. The molecule has 0 aliphatic rings. The van der Waals surface area contributed by atoms with Crippen LogP contribution < -0.4 is 4.74 Å². The Balaban J connectivity index is 2.22. The summed E-state index contributed by atoms with van der Waals surface area (Å²) in [5.41, 5.74) is 0.612. The van der Waals surface area contributed by atoms with Crippen molar-refractivity contribution in [2.45, 2.75) is 39.2 Å². The highest BCUT2D eigenvalue weighted by Gasteiger charge is 2.07. The second-order valence-corrected chi connectivity index (χ2v) is 4.75. The number of benzene rings is 1. The number of ether oxygens (including phenoxy) is 2. The first-order valence-electron chi connectivity index (χ1n) is 6.85. The van der Waals surface area contributed by atoms with E-state index in [1.807, 2.05) is 0 Å². The number of carbonyl (C=O) groups is 1. The fraction of sp³-hybridized carbons (Fsp3) is 0.533. The van der Waals surface area contributed by atoms with Gasteiger partial charge in [0.05, 0.1) is 19.8 Å². The van der Waals surface area contributed by atoms with Crippen LogP contribution in [0.5, 0.6) is 5.75 Å². The van der Waals surface area contributed by atoms with Gasteiger partial charge in [0.2, 0.25) is 0 Å². The van der Waals surface area contributed by atoms with Crippen LogP contribution in [0.3, 0.4) is 0 Å². The van der Waals surface area contributed by atoms with E-state index in [0.717, 1.165) is 19.3 Å². The molecule has 1 aromatic carbocycles. The maximum absolute atomic E-state index is 11.1. The quantitative estimate of drug-likeness (QED) is 0.561. The van der Waals surface area contributed by atoms with Crippen LogP contribution in [0, 0.1) is 0 Å². The first-order valence-corrected chi connectivity index (χ1v) is 7.23. The Bertz CT molecular complexity index is 420. The molecule has 0 fully saturated rings. The smallest absolute Gasteiger partial charge is 0.305 e. The Morgan fingerprint density at radius 1 is 1.30 bits per heavy atom. The topological polar surface area (TPSA) is 55.8 Å². The van der Waals surface area contributed by atoms with Crippen LogP contribution in [-0.4, -0.2) is 24.3 Å². The maximum Gasteiger partial charge on any atom is 0.305 e. The molecule has 20 heavy (non-hydrogen) atoms. The summed E-state index contributed by atoms with van der Waals surface area (Å²) in [6, 6.07) is 5.30. The van der Waals surface area contributed by atoms with E-state index in [9.17, 15) is 9.90 Å². The Morgan fingerprint density at radius 3 is 2.80 bits per heavy atom. The summed E-state index contributed by atoms with van der Waals surface area (Å²) in [6.45, 7) is 2.63. The maximum atomic E-state index is 11.1. The summed E-state index contributed by atoms with van der Waals surface area (Å²) in [6.07, 6.45) is 2.99. The van der Waals surface area contributed by atoms with Crippen molar-refractivity contribution < 1.29 is 19.4 Å². The molecular weight excluding hydrogens is 280 g/mol. The summed E-state index contributed by atoms with van der Waals surface area (Å²) in [5, 5.41) is 9.74. The Labute approximate surface area is 124 Å². The second kappa shape index (κ2) is 9.61. The van der Waals surface area contributed by atoms with Gasteiger partial charge in [-0.15, -0.1) is 0 Å². The van der Waals surface area contributed by atoms with Crippen LogP contribution in [0.1, 0.15) is 38.2 Å². The Hall–Kier alpha value is -1.26. The fourth-order valence-corrected chi connectivity index (χ4v) is 2.02. The molecule has 1 N–H and O–H groups in total. The molecule has 0 saturated carbocycles. The van der Waals surface area contributed by atoms with Gasteiger partial charge in [0.15, 0.2) is 0 Å². The van der Waals surface area contributed by atoms with Gasteiger partial charge >= 0.3 is 5.97 Å². The number of hydrogen-bond acceptors (Lipinski definition) is 4. The Morgan fingerprint density at radius 2 is 2.10 bits per heavy atom. The van der Waals surface area contributed by atoms with Gasteiger partial charge in [0, 0.05) is 17.0 Å². The molecule has 0 spiro atoms. The molecule has 5 heteroatoms. The minimum absolute atomic E-state index is 0.141. The lowest BCUT2D eigenvalue weighted by Gasteiger charge is -2.11. The SMILES string of the molecule is CCOC(=O)CCCCCOc1cccc(Cl)c1CO. The van der Waals surface area contributed by atoms with E-state index in [-0.39, 0.29) is 12.6 Å². The van der Waals surface area contributed by atoms with Gasteiger partial charge in [0.1, 0.15) is 5.75 Å². The molecule has 0 unspecified atom stereocenters. The minimum atomic E-state index is -0.147. The number of unbranched alkanes of at least 4 members (excludes halogenated alkanes) is 2. The van der Waals surface area contributed by atoms with E-state index in [4.69, 9.17) is 21.1 Å². The van der Waals surface area contributed by atoms with Gasteiger partial charge in [-0.05, 0) is 38.3 Å². The van der Waals surface area contributed by atoms with Gasteiger partial charge in [-0.25, -0.2) is 0 Å². The van der Waals surface area contributed by atoms with Crippen molar-refractivity contribution in [3.8, 4) is 5.75 Å². The second-order valence-electron chi connectivity index (χ2n) is 4.34. The lowest BCUT2D eigenvalue weighted by Crippen LogP contribution is -2.04. The van der Waals surface area contributed by atoms with Crippen LogP contribution in [0.4, 0.5) is 0 Å².